The second-order valence-corrected chi connectivity index (χ2v) is 14.6. The van der Waals surface area contributed by atoms with Gasteiger partial charge in [0.2, 0.25) is 5.91 Å². The van der Waals surface area contributed by atoms with Crippen LogP contribution in [0.1, 0.15) is 103 Å². The monoisotopic (exact) mass is 803 g/mol. The fraction of sp³-hybridized carbons (Fsp3) is 0.500. The predicted octanol–water partition coefficient (Wildman–Crippen LogP) is 5.11. The zero-order chi connectivity index (χ0) is 43.0. The Bertz CT molecular complexity index is 1830. The zero-order valence-electron chi connectivity index (χ0n) is 33.9. The van der Waals surface area contributed by atoms with Crippen LogP contribution in [0.15, 0.2) is 60.7 Å². The van der Waals surface area contributed by atoms with Gasteiger partial charge in [0, 0.05) is 19.4 Å². The molecule has 0 unspecified atom stereocenters. The maximum absolute atomic E-state index is 12.3. The number of hydrogen-bond donors (Lipinski definition) is 3. The molecule has 3 rings (SSSR count). The SMILES string of the molecule is CC(C)(C)OC(=O)N[C@@H](CCC(=O)OCc1ccccc1)C(=O)NCCC#N.CC(C)(C)OC(=O)N[C@@H](CCC(=O)OCc1ccccc1)c1nnnn1CCC#N. The third kappa shape index (κ3) is 20.9. The number of benzene rings is 2. The number of nitrogens with zero attached hydrogens (tertiary/aromatic N) is 6. The van der Waals surface area contributed by atoms with Crippen molar-refractivity contribution in [3.05, 3.63) is 77.6 Å². The van der Waals surface area contributed by atoms with Gasteiger partial charge in [-0.15, -0.1) is 5.10 Å². The van der Waals surface area contributed by atoms with Crippen LogP contribution in [0.3, 0.4) is 0 Å². The lowest BCUT2D eigenvalue weighted by Gasteiger charge is -2.23. The number of aromatic nitrogens is 4. The molecule has 0 radical (unpaired) electrons. The summed E-state index contributed by atoms with van der Waals surface area (Å²) in [7, 11) is 0. The van der Waals surface area contributed by atoms with Gasteiger partial charge in [0.1, 0.15) is 30.5 Å². The van der Waals surface area contributed by atoms with E-state index < -0.39 is 53.3 Å². The van der Waals surface area contributed by atoms with E-state index in [-0.39, 0.29) is 64.8 Å². The Morgan fingerprint density at radius 2 is 1.22 bits per heavy atom. The number of alkyl carbamates (subject to hydrolysis) is 2. The lowest BCUT2D eigenvalue weighted by atomic mass is 10.1. The Balaban J connectivity index is 0.000000401. The van der Waals surface area contributed by atoms with Crippen molar-refractivity contribution in [1.29, 1.82) is 10.5 Å². The van der Waals surface area contributed by atoms with Crippen molar-refractivity contribution in [3.8, 4) is 12.1 Å². The first-order chi connectivity index (χ1) is 27.5. The fourth-order valence-electron chi connectivity index (χ4n) is 4.72. The number of amides is 3. The second kappa shape index (κ2) is 24.8. The van der Waals surface area contributed by atoms with E-state index in [2.05, 4.69) is 31.5 Å². The molecular weight excluding hydrogens is 750 g/mol. The van der Waals surface area contributed by atoms with E-state index in [0.29, 0.717) is 5.82 Å². The quantitative estimate of drug-likeness (QED) is 0.0859. The number of esters is 2. The summed E-state index contributed by atoms with van der Waals surface area (Å²) in [4.78, 5) is 60.7. The third-order valence-corrected chi connectivity index (χ3v) is 7.30. The Morgan fingerprint density at radius 3 is 1.72 bits per heavy atom. The standard InChI is InChI=1S/C20H26N6O4.C20H27N3O5/c1-20(2,3)30-19(28)22-16(18-23-24-25-26(18)13-7-12-21)10-11-17(27)29-14-15-8-5-4-6-9-15;1-20(2,3)28-19(26)23-16(18(25)22-13-7-12-21)10-11-17(24)27-14-15-8-5-4-6-9-15/h4-6,8-9,16H,7,10-11,13-14H2,1-3H3,(H,22,28);4-6,8-9,16H,7,10-11,13-14H2,1-3H3,(H,22,25)(H,23,26)/t2*16-/m00/s1. The molecule has 0 aliphatic heterocycles. The molecule has 0 fully saturated rings. The second-order valence-electron chi connectivity index (χ2n) is 14.6. The van der Waals surface area contributed by atoms with Crippen LogP contribution >= 0.6 is 0 Å². The van der Waals surface area contributed by atoms with Gasteiger partial charge in [0.05, 0.1) is 37.6 Å². The average molecular weight is 804 g/mol. The van der Waals surface area contributed by atoms with E-state index in [9.17, 15) is 24.0 Å². The zero-order valence-corrected chi connectivity index (χ0v) is 33.9. The molecule has 2 aromatic carbocycles. The van der Waals surface area contributed by atoms with Crippen molar-refractivity contribution >= 4 is 30.0 Å². The van der Waals surface area contributed by atoms with Crippen molar-refractivity contribution in [1.82, 2.24) is 36.2 Å². The number of hydrogen-bond acceptors (Lipinski definition) is 14. The first-order valence-electron chi connectivity index (χ1n) is 18.7. The van der Waals surface area contributed by atoms with Crippen LogP contribution in [-0.2, 0) is 53.1 Å². The Labute approximate surface area is 338 Å². The van der Waals surface area contributed by atoms with Crippen molar-refractivity contribution in [2.24, 2.45) is 0 Å². The number of carbonyl (C=O) groups excluding carboxylic acids is 5. The summed E-state index contributed by atoms with van der Waals surface area (Å²) in [5.41, 5.74) is 0.333. The summed E-state index contributed by atoms with van der Waals surface area (Å²) >= 11 is 0. The minimum Gasteiger partial charge on any atom is -0.461 e. The summed E-state index contributed by atoms with van der Waals surface area (Å²) in [5, 5.41) is 36.5. The van der Waals surface area contributed by atoms with Crippen LogP contribution < -0.4 is 16.0 Å². The molecule has 58 heavy (non-hydrogen) atoms. The Kier molecular flexibility index (Phi) is 20.4. The lowest BCUT2D eigenvalue weighted by Crippen LogP contribution is -2.48. The van der Waals surface area contributed by atoms with Gasteiger partial charge in [-0.25, -0.2) is 14.3 Å². The van der Waals surface area contributed by atoms with Crippen molar-refractivity contribution in [2.45, 2.75) is 123 Å². The van der Waals surface area contributed by atoms with Gasteiger partial charge in [0.15, 0.2) is 5.82 Å². The van der Waals surface area contributed by atoms with Gasteiger partial charge >= 0.3 is 24.1 Å². The maximum atomic E-state index is 12.3. The van der Waals surface area contributed by atoms with Gasteiger partial charge in [-0.1, -0.05) is 60.7 Å². The molecule has 3 N–H and O–H groups in total. The van der Waals surface area contributed by atoms with Gasteiger partial charge in [-0.3, -0.25) is 14.4 Å². The van der Waals surface area contributed by atoms with Crippen molar-refractivity contribution in [2.75, 3.05) is 6.54 Å². The molecule has 0 saturated heterocycles. The van der Waals surface area contributed by atoms with Gasteiger partial charge in [-0.2, -0.15) is 10.5 Å². The summed E-state index contributed by atoms with van der Waals surface area (Å²) in [6.07, 6.45) is -0.825. The molecule has 0 bridgehead atoms. The summed E-state index contributed by atoms with van der Waals surface area (Å²) in [6.45, 7) is 11.1. The summed E-state index contributed by atoms with van der Waals surface area (Å²) < 4.78 is 22.4. The maximum Gasteiger partial charge on any atom is 0.408 e. The highest BCUT2D eigenvalue weighted by molar-refractivity contribution is 5.86. The van der Waals surface area contributed by atoms with Crippen molar-refractivity contribution in [3.63, 3.8) is 0 Å². The molecule has 0 saturated carbocycles. The average Bonchev–Trinajstić information content (AvgIpc) is 3.63. The fourth-order valence-corrected chi connectivity index (χ4v) is 4.72. The minimum absolute atomic E-state index is 0.0401. The van der Waals surface area contributed by atoms with Crippen molar-refractivity contribution < 1.29 is 42.9 Å². The lowest BCUT2D eigenvalue weighted by molar-refractivity contribution is -0.146. The van der Waals surface area contributed by atoms with Crippen LogP contribution in [0, 0.1) is 22.7 Å². The number of rotatable bonds is 18. The summed E-state index contributed by atoms with van der Waals surface area (Å²) in [5.74, 6) is -1.04. The number of tetrazole rings is 1. The molecule has 18 heteroatoms. The van der Waals surface area contributed by atoms with Crippen LogP contribution in [-0.4, -0.2) is 74.0 Å². The van der Waals surface area contributed by atoms with E-state index in [1.165, 1.54) is 4.68 Å². The van der Waals surface area contributed by atoms with Crippen LogP contribution in [0.25, 0.3) is 0 Å². The molecule has 312 valence electrons. The smallest absolute Gasteiger partial charge is 0.408 e. The van der Waals surface area contributed by atoms with E-state index in [0.717, 1.165) is 11.1 Å². The van der Waals surface area contributed by atoms with E-state index in [4.69, 9.17) is 29.5 Å². The van der Waals surface area contributed by atoms with Gasteiger partial charge in [0.25, 0.3) is 0 Å². The third-order valence-electron chi connectivity index (χ3n) is 7.30. The molecular formula is C40H53N9O9. The number of nitriles is 2. The van der Waals surface area contributed by atoms with Crippen LogP contribution in [0.4, 0.5) is 9.59 Å². The molecule has 3 aromatic rings. The summed E-state index contributed by atoms with van der Waals surface area (Å²) in [6, 6.07) is 20.8. The first kappa shape index (κ1) is 47.6. The van der Waals surface area contributed by atoms with Crippen LogP contribution in [0.2, 0.25) is 0 Å². The van der Waals surface area contributed by atoms with E-state index in [1.54, 1.807) is 41.5 Å². The normalized spacial score (nSPS) is 11.8. The predicted molar refractivity (Wildman–Crippen MR) is 207 cm³/mol. The topological polar surface area (TPSA) is 250 Å². The molecule has 0 aliphatic rings. The molecule has 0 spiro atoms. The first-order valence-corrected chi connectivity index (χ1v) is 18.7. The number of nitrogens with one attached hydrogen (secondary N) is 3. The molecule has 1 heterocycles. The molecule has 1 aromatic heterocycles. The highest BCUT2D eigenvalue weighted by atomic mass is 16.6. The largest absolute Gasteiger partial charge is 0.461 e. The molecule has 0 aliphatic carbocycles. The Hall–Kier alpha value is -6.56. The minimum atomic E-state index is -0.974. The highest BCUT2D eigenvalue weighted by Crippen LogP contribution is 2.19. The van der Waals surface area contributed by atoms with E-state index in [1.807, 2.05) is 72.8 Å². The number of aryl methyl sites for hydroxylation is 1. The number of carbonyl (C=O) groups is 5. The van der Waals surface area contributed by atoms with E-state index >= 15 is 0 Å². The van der Waals surface area contributed by atoms with Crippen LogP contribution in [0.5, 0.6) is 0 Å². The Morgan fingerprint density at radius 1 is 0.724 bits per heavy atom. The highest BCUT2D eigenvalue weighted by Gasteiger charge is 2.27. The van der Waals surface area contributed by atoms with Gasteiger partial charge < -0.3 is 34.9 Å². The van der Waals surface area contributed by atoms with Gasteiger partial charge in [-0.05, 0) is 75.9 Å². The molecule has 2 atom stereocenters. The number of ether oxygens (including phenoxy) is 4. The molecule has 18 nitrogen and oxygen atoms in total. The molecule has 3 amide bonds.